The van der Waals surface area contributed by atoms with Crippen LogP contribution in [0.5, 0.6) is 0 Å². The Morgan fingerprint density at radius 1 is 1.05 bits per heavy atom. The van der Waals surface area contributed by atoms with Crippen molar-refractivity contribution in [3.05, 3.63) is 107 Å². The molecular formula is C34H27FN2O4S2. The standard InChI is InChI=1S/C34H27FN2O4S2/c1-20-6-9-26(10-7-20)43(40,41)37-29-11-8-25(35)15-28(29)30(27-12-13-42-32(27)36-2)31(37)22-5-3-4-21(14-22)23-16-34(17-23)18-24(19-34)33(38)39/h3-15,23-24H,16-19H2,1H3,(H,38,39). The Labute approximate surface area is 252 Å². The largest absolute Gasteiger partial charge is 0.481 e. The summed E-state index contributed by atoms with van der Waals surface area (Å²) < 4.78 is 45.0. The van der Waals surface area contributed by atoms with Crippen molar-refractivity contribution in [2.45, 2.75) is 43.4 Å². The van der Waals surface area contributed by atoms with Crippen LogP contribution in [-0.2, 0) is 14.8 Å². The number of benzene rings is 3. The molecule has 9 heteroatoms. The molecule has 0 saturated heterocycles. The van der Waals surface area contributed by atoms with Gasteiger partial charge in [-0.05, 0) is 91.3 Å². The average Bonchev–Trinajstić information content (AvgIpc) is 3.53. The highest BCUT2D eigenvalue weighted by Gasteiger charge is 2.55. The number of fused-ring (bicyclic) bond motifs is 1. The van der Waals surface area contributed by atoms with Crippen molar-refractivity contribution in [2.75, 3.05) is 0 Å². The van der Waals surface area contributed by atoms with Crippen molar-refractivity contribution in [3.8, 4) is 22.4 Å². The van der Waals surface area contributed by atoms with Gasteiger partial charge in [-0.25, -0.2) is 21.6 Å². The molecule has 216 valence electrons. The van der Waals surface area contributed by atoms with Crippen LogP contribution >= 0.6 is 11.3 Å². The van der Waals surface area contributed by atoms with E-state index in [1.807, 2.05) is 31.2 Å². The van der Waals surface area contributed by atoms with E-state index in [1.165, 1.54) is 33.5 Å². The van der Waals surface area contributed by atoms with Crippen LogP contribution in [0.3, 0.4) is 0 Å². The van der Waals surface area contributed by atoms with Gasteiger partial charge in [-0.15, -0.1) is 0 Å². The monoisotopic (exact) mass is 610 g/mol. The molecule has 2 aromatic heterocycles. The first-order valence-corrected chi connectivity index (χ1v) is 16.4. The molecule has 2 aliphatic rings. The molecule has 0 bridgehead atoms. The number of hydrogen-bond acceptors (Lipinski definition) is 4. The van der Waals surface area contributed by atoms with E-state index in [0.29, 0.717) is 51.1 Å². The highest BCUT2D eigenvalue weighted by molar-refractivity contribution is 7.90. The number of carbonyl (C=O) groups is 1. The first-order chi connectivity index (χ1) is 20.6. The predicted octanol–water partition coefficient (Wildman–Crippen LogP) is 8.63. The number of aryl methyl sites for hydroxylation is 1. The second-order valence-electron chi connectivity index (χ2n) is 11.9. The Balaban J connectivity index is 1.44. The van der Waals surface area contributed by atoms with Crippen molar-refractivity contribution in [3.63, 3.8) is 0 Å². The molecule has 0 atom stereocenters. The number of hydrogen-bond donors (Lipinski definition) is 1. The number of thiophene rings is 1. The summed E-state index contributed by atoms with van der Waals surface area (Å²) in [6.07, 6.45) is 3.20. The van der Waals surface area contributed by atoms with Crippen molar-refractivity contribution in [1.29, 1.82) is 0 Å². The Morgan fingerprint density at radius 2 is 1.79 bits per heavy atom. The summed E-state index contributed by atoms with van der Waals surface area (Å²) in [7, 11) is -4.15. The van der Waals surface area contributed by atoms with Crippen LogP contribution in [0, 0.1) is 30.6 Å². The maximum Gasteiger partial charge on any atom is 0.306 e. The fraction of sp³-hybridized carbons (Fsp3) is 0.235. The minimum atomic E-state index is -4.15. The minimum Gasteiger partial charge on any atom is -0.481 e. The summed E-state index contributed by atoms with van der Waals surface area (Å²) in [5, 5.41) is 11.9. The SMILES string of the molecule is [C-]#[N+]c1sccc1-c1c(-c2cccc(C3CC4(CC(C(=O)O)C4)C3)c2)n(S(=O)(=O)c2ccc(C)cc2)c2ccc(F)cc12. The Bertz CT molecular complexity index is 2070. The molecule has 3 aromatic carbocycles. The molecule has 5 aromatic rings. The molecule has 43 heavy (non-hydrogen) atoms. The smallest absolute Gasteiger partial charge is 0.306 e. The van der Waals surface area contributed by atoms with E-state index >= 15 is 0 Å². The first-order valence-electron chi connectivity index (χ1n) is 14.0. The van der Waals surface area contributed by atoms with Gasteiger partial charge in [-0.1, -0.05) is 42.0 Å². The lowest BCUT2D eigenvalue weighted by Gasteiger charge is -2.57. The van der Waals surface area contributed by atoms with Crippen LogP contribution in [0.1, 0.15) is 42.7 Å². The molecule has 2 aliphatic carbocycles. The van der Waals surface area contributed by atoms with Crippen LogP contribution in [0.2, 0.25) is 0 Å². The lowest BCUT2D eigenvalue weighted by atomic mass is 9.47. The Hall–Kier alpha value is -4.26. The van der Waals surface area contributed by atoms with Gasteiger partial charge < -0.3 is 5.11 Å². The molecule has 0 aliphatic heterocycles. The van der Waals surface area contributed by atoms with E-state index in [9.17, 15) is 22.7 Å². The average molecular weight is 611 g/mol. The van der Waals surface area contributed by atoms with Crippen molar-refractivity contribution in [2.24, 2.45) is 11.3 Å². The summed E-state index contributed by atoms with van der Waals surface area (Å²) in [5.41, 5.74) is 4.49. The topological polar surface area (TPSA) is 80.7 Å². The summed E-state index contributed by atoms with van der Waals surface area (Å²) in [6.45, 7) is 9.67. The zero-order valence-corrected chi connectivity index (χ0v) is 24.9. The van der Waals surface area contributed by atoms with Crippen LogP contribution in [0.15, 0.2) is 83.1 Å². The lowest BCUT2D eigenvalue weighted by Crippen LogP contribution is -2.48. The second kappa shape index (κ2) is 9.90. The van der Waals surface area contributed by atoms with Gasteiger partial charge in [0.1, 0.15) is 5.82 Å². The molecule has 0 radical (unpaired) electrons. The van der Waals surface area contributed by atoms with E-state index in [-0.39, 0.29) is 22.1 Å². The molecule has 2 fully saturated rings. The van der Waals surface area contributed by atoms with Gasteiger partial charge in [0.2, 0.25) is 5.00 Å². The van der Waals surface area contributed by atoms with Gasteiger partial charge in [-0.3, -0.25) is 4.79 Å². The molecular weight excluding hydrogens is 584 g/mol. The van der Waals surface area contributed by atoms with E-state index in [0.717, 1.165) is 24.0 Å². The summed E-state index contributed by atoms with van der Waals surface area (Å²) in [4.78, 5) is 15.2. The minimum absolute atomic E-state index is 0.0807. The highest BCUT2D eigenvalue weighted by Crippen LogP contribution is 2.64. The summed E-state index contributed by atoms with van der Waals surface area (Å²) in [6, 6.07) is 20.3. The van der Waals surface area contributed by atoms with E-state index in [1.54, 1.807) is 35.7 Å². The van der Waals surface area contributed by atoms with Crippen LogP contribution in [0.25, 0.3) is 38.1 Å². The number of nitrogens with zero attached hydrogens (tertiary/aromatic N) is 2. The van der Waals surface area contributed by atoms with E-state index in [4.69, 9.17) is 6.57 Å². The van der Waals surface area contributed by atoms with Gasteiger partial charge in [0.15, 0.2) is 0 Å². The second-order valence-corrected chi connectivity index (χ2v) is 14.6. The number of rotatable bonds is 6. The number of aliphatic carboxylic acids is 1. The molecule has 0 unspecified atom stereocenters. The fourth-order valence-corrected chi connectivity index (χ4v) is 9.30. The zero-order chi connectivity index (χ0) is 30.1. The first kappa shape index (κ1) is 27.6. The van der Waals surface area contributed by atoms with Gasteiger partial charge in [0.05, 0.1) is 28.6 Å². The molecule has 7 rings (SSSR count). The molecule has 6 nitrogen and oxygen atoms in total. The van der Waals surface area contributed by atoms with Crippen LogP contribution in [-0.4, -0.2) is 23.5 Å². The number of aromatic nitrogens is 1. The van der Waals surface area contributed by atoms with E-state index in [2.05, 4.69) is 4.85 Å². The number of carboxylic acids is 1. The molecule has 2 heterocycles. The third kappa shape index (κ3) is 4.39. The quantitative estimate of drug-likeness (QED) is 0.195. The van der Waals surface area contributed by atoms with Gasteiger partial charge in [0.25, 0.3) is 10.0 Å². The van der Waals surface area contributed by atoms with Crippen LogP contribution in [0.4, 0.5) is 9.39 Å². The fourth-order valence-electron chi connectivity index (χ4n) is 7.07. The normalized spacial score (nSPS) is 21.3. The Kier molecular flexibility index (Phi) is 6.35. The molecule has 2 saturated carbocycles. The lowest BCUT2D eigenvalue weighted by molar-refractivity contribution is -0.155. The maximum absolute atomic E-state index is 14.8. The molecule has 0 amide bonds. The van der Waals surface area contributed by atoms with Gasteiger partial charge in [0, 0.05) is 22.1 Å². The van der Waals surface area contributed by atoms with Crippen LogP contribution < -0.4 is 0 Å². The van der Waals surface area contributed by atoms with Gasteiger partial charge >= 0.3 is 5.97 Å². The Morgan fingerprint density at radius 3 is 2.49 bits per heavy atom. The highest BCUT2D eigenvalue weighted by atomic mass is 32.2. The molecule has 1 N–H and O–H groups in total. The number of halogens is 1. The van der Waals surface area contributed by atoms with Crippen molar-refractivity contribution in [1.82, 2.24) is 3.97 Å². The van der Waals surface area contributed by atoms with E-state index < -0.39 is 21.8 Å². The predicted molar refractivity (Wildman–Crippen MR) is 165 cm³/mol. The summed E-state index contributed by atoms with van der Waals surface area (Å²) >= 11 is 1.26. The third-order valence-corrected chi connectivity index (χ3v) is 11.7. The number of carboxylic acid groups (broad SMARTS) is 1. The van der Waals surface area contributed by atoms with Crippen molar-refractivity contribution >= 4 is 43.2 Å². The zero-order valence-electron chi connectivity index (χ0n) is 23.2. The summed E-state index contributed by atoms with van der Waals surface area (Å²) in [5.74, 6) is -1.25. The maximum atomic E-state index is 14.8. The molecule has 1 spiro atoms. The van der Waals surface area contributed by atoms with Crippen molar-refractivity contribution < 1.29 is 22.7 Å². The van der Waals surface area contributed by atoms with Gasteiger partial charge in [-0.2, -0.15) is 11.3 Å². The third-order valence-electron chi connectivity index (χ3n) is 9.16.